The predicted octanol–water partition coefficient (Wildman–Crippen LogP) is 7.22. The summed E-state index contributed by atoms with van der Waals surface area (Å²) in [5, 5.41) is 32.4. The zero-order valence-corrected chi connectivity index (χ0v) is 27.9. The summed E-state index contributed by atoms with van der Waals surface area (Å²) < 4.78 is 11.7. The van der Waals surface area contributed by atoms with Gasteiger partial charge in [0, 0.05) is 17.7 Å². The fraction of sp³-hybridized carbons (Fsp3) is 0.353. The molecule has 4 aromatic rings. The summed E-state index contributed by atoms with van der Waals surface area (Å²) in [7, 11) is 0. The van der Waals surface area contributed by atoms with E-state index in [1.807, 2.05) is 67.5 Å². The highest BCUT2D eigenvalue weighted by Crippen LogP contribution is 2.32. The second-order valence-electron chi connectivity index (χ2n) is 11.7. The molecule has 0 fully saturated rings. The molecule has 0 aliphatic heterocycles. The van der Waals surface area contributed by atoms with Crippen molar-refractivity contribution in [1.29, 1.82) is 0 Å². The van der Waals surface area contributed by atoms with Crippen LogP contribution >= 0.6 is 11.6 Å². The summed E-state index contributed by atoms with van der Waals surface area (Å²) in [6.07, 6.45) is -0.0451. The molecule has 3 N–H and O–H groups in total. The van der Waals surface area contributed by atoms with Crippen LogP contribution in [0.2, 0.25) is 5.15 Å². The van der Waals surface area contributed by atoms with E-state index in [0.29, 0.717) is 34.0 Å². The van der Waals surface area contributed by atoms with Crippen LogP contribution < -0.4 is 15.0 Å². The fourth-order valence-corrected chi connectivity index (χ4v) is 5.18. The smallest absolute Gasteiger partial charge is 0.307 e. The van der Waals surface area contributed by atoms with E-state index in [-0.39, 0.29) is 30.2 Å². The predicted molar refractivity (Wildman–Crippen MR) is 175 cm³/mol. The molecular formula is C34H39ClN4O7. The molecule has 0 saturated carbocycles. The Balaban J connectivity index is 0.000000250. The van der Waals surface area contributed by atoms with Gasteiger partial charge in [-0.25, -0.2) is 5.10 Å². The van der Waals surface area contributed by atoms with Crippen molar-refractivity contribution < 1.29 is 29.3 Å². The van der Waals surface area contributed by atoms with E-state index in [1.165, 1.54) is 0 Å². The van der Waals surface area contributed by atoms with Crippen LogP contribution in [0, 0.1) is 27.7 Å². The van der Waals surface area contributed by atoms with Crippen molar-refractivity contribution >= 4 is 23.5 Å². The average molecular weight is 651 g/mol. The molecule has 0 amide bonds. The van der Waals surface area contributed by atoms with Crippen molar-refractivity contribution in [3.05, 3.63) is 96.4 Å². The van der Waals surface area contributed by atoms with Gasteiger partial charge >= 0.3 is 11.9 Å². The number of aromatic amines is 1. The Kier molecular flexibility index (Phi) is 12.0. The number of rotatable bonds is 10. The van der Waals surface area contributed by atoms with Crippen LogP contribution in [0.5, 0.6) is 23.3 Å². The lowest BCUT2D eigenvalue weighted by Gasteiger charge is -2.14. The van der Waals surface area contributed by atoms with Crippen molar-refractivity contribution in [1.82, 2.24) is 20.4 Å². The molecule has 0 aliphatic carbocycles. The van der Waals surface area contributed by atoms with Crippen LogP contribution in [-0.4, -0.2) is 42.5 Å². The molecule has 244 valence electrons. The summed E-state index contributed by atoms with van der Waals surface area (Å²) in [6, 6.07) is 10.6. The monoisotopic (exact) mass is 650 g/mol. The van der Waals surface area contributed by atoms with Gasteiger partial charge < -0.3 is 19.7 Å². The highest BCUT2D eigenvalue weighted by Gasteiger charge is 2.15. The Morgan fingerprint density at radius 2 is 1.13 bits per heavy atom. The number of aliphatic carboxylic acids is 2. The number of benzene rings is 2. The number of hydrogen-bond acceptors (Lipinski definition) is 8. The van der Waals surface area contributed by atoms with Gasteiger partial charge in [-0.05, 0) is 78.5 Å². The Labute approximate surface area is 272 Å². The molecule has 12 heteroatoms. The van der Waals surface area contributed by atoms with Crippen molar-refractivity contribution in [2.24, 2.45) is 0 Å². The molecular weight excluding hydrogens is 612 g/mol. The van der Waals surface area contributed by atoms with Crippen LogP contribution in [0.15, 0.2) is 41.2 Å². The van der Waals surface area contributed by atoms with Gasteiger partial charge in [-0.1, -0.05) is 63.6 Å². The van der Waals surface area contributed by atoms with Crippen molar-refractivity contribution in [3.63, 3.8) is 0 Å². The van der Waals surface area contributed by atoms with Gasteiger partial charge in [0.2, 0.25) is 11.8 Å². The van der Waals surface area contributed by atoms with Crippen LogP contribution in [0.4, 0.5) is 0 Å². The van der Waals surface area contributed by atoms with E-state index in [4.69, 9.17) is 31.3 Å². The van der Waals surface area contributed by atoms with Gasteiger partial charge in [0.15, 0.2) is 5.15 Å². The van der Waals surface area contributed by atoms with Crippen molar-refractivity contribution in [2.75, 3.05) is 0 Å². The molecule has 2 heterocycles. The normalized spacial score (nSPS) is 10.8. The first-order valence-corrected chi connectivity index (χ1v) is 15.1. The zero-order chi connectivity index (χ0) is 34.3. The van der Waals surface area contributed by atoms with Gasteiger partial charge in [0.05, 0.1) is 12.8 Å². The molecule has 0 spiro atoms. The number of carbonyl (C=O) groups is 2. The number of H-pyrrole nitrogens is 1. The summed E-state index contributed by atoms with van der Waals surface area (Å²) >= 11 is 6.04. The van der Waals surface area contributed by atoms with Crippen LogP contribution in [0.3, 0.4) is 0 Å². The third-order valence-corrected chi connectivity index (χ3v) is 7.26. The fourth-order valence-electron chi connectivity index (χ4n) is 4.87. The first kappa shape index (κ1) is 35.7. The summed E-state index contributed by atoms with van der Waals surface area (Å²) in [4.78, 5) is 33.4. The van der Waals surface area contributed by atoms with Gasteiger partial charge in [0.1, 0.15) is 11.5 Å². The molecule has 0 bridgehead atoms. The van der Waals surface area contributed by atoms with E-state index >= 15 is 0 Å². The first-order valence-electron chi connectivity index (χ1n) is 14.7. The number of aryl methyl sites for hydroxylation is 4. The molecule has 4 rings (SSSR count). The number of hydrogen-bond donors (Lipinski definition) is 3. The molecule has 0 atom stereocenters. The Morgan fingerprint density at radius 3 is 1.54 bits per heavy atom. The Hall–Kier alpha value is -4.77. The molecule has 2 aromatic heterocycles. The number of carboxylic acid groups (broad SMARTS) is 2. The largest absolute Gasteiger partial charge is 0.481 e. The summed E-state index contributed by atoms with van der Waals surface area (Å²) in [5.74, 6) is 0.494. The number of ether oxygens (including phenoxy) is 2. The van der Waals surface area contributed by atoms with Crippen molar-refractivity contribution in [3.8, 4) is 23.3 Å². The van der Waals surface area contributed by atoms with Crippen molar-refractivity contribution in [2.45, 2.75) is 80.1 Å². The number of nitrogens with one attached hydrogen (secondary N) is 1. The van der Waals surface area contributed by atoms with E-state index in [0.717, 1.165) is 38.9 Å². The van der Waals surface area contributed by atoms with Gasteiger partial charge in [0.25, 0.3) is 5.56 Å². The number of carboxylic acids is 2. The molecule has 0 saturated heterocycles. The maximum absolute atomic E-state index is 11.7. The maximum Gasteiger partial charge on any atom is 0.307 e. The Bertz CT molecular complexity index is 1750. The SMILES string of the molecule is Cc1cc(CC(=O)O)cc(C)c1Oc1cc(C(C)C)c(=O)[nH]n1.Cc1cc(CC(=O)O)cc(C)c1Oc1cc(C(C)C)c(Cl)nn1. The molecule has 0 aliphatic rings. The van der Waals surface area contributed by atoms with E-state index in [9.17, 15) is 14.4 Å². The summed E-state index contributed by atoms with van der Waals surface area (Å²) in [6.45, 7) is 15.3. The van der Waals surface area contributed by atoms with Gasteiger partial charge in [-0.3, -0.25) is 14.4 Å². The van der Waals surface area contributed by atoms with E-state index in [2.05, 4.69) is 20.4 Å². The van der Waals surface area contributed by atoms with Gasteiger partial charge in [-0.15, -0.1) is 15.3 Å². The third kappa shape index (κ3) is 9.61. The molecule has 2 aromatic carbocycles. The molecule has 0 radical (unpaired) electrons. The Morgan fingerprint density at radius 1 is 0.717 bits per heavy atom. The molecule has 46 heavy (non-hydrogen) atoms. The molecule has 0 unspecified atom stereocenters. The standard InChI is InChI=1S/C17H19ClN2O3.C17H20N2O4/c1-9(2)13-8-14(19-20-17(13)18)23-16-10(3)5-12(6-11(16)4)7-15(21)22;1-9(2)13-8-14(18-19-17(13)22)23-16-10(3)5-12(6-11(16)4)7-15(20)21/h5-6,8-9H,7H2,1-4H3,(H,21,22);5-6,8-9H,7H2,1-4H3,(H,19,22)(H,20,21). The number of aromatic nitrogens is 4. The second-order valence-corrected chi connectivity index (χ2v) is 12.0. The van der Waals surface area contributed by atoms with E-state index in [1.54, 1.807) is 24.3 Å². The minimum Gasteiger partial charge on any atom is -0.481 e. The minimum atomic E-state index is -0.874. The van der Waals surface area contributed by atoms with Crippen LogP contribution in [0.1, 0.15) is 84.0 Å². The van der Waals surface area contributed by atoms with Crippen LogP contribution in [-0.2, 0) is 22.4 Å². The first-order chi connectivity index (χ1) is 21.5. The minimum absolute atomic E-state index is 0.0137. The highest BCUT2D eigenvalue weighted by molar-refractivity contribution is 6.30. The lowest BCUT2D eigenvalue weighted by molar-refractivity contribution is -0.137. The number of halogens is 1. The lowest BCUT2D eigenvalue weighted by atomic mass is 10.0. The van der Waals surface area contributed by atoms with E-state index < -0.39 is 11.9 Å². The molecule has 11 nitrogen and oxygen atoms in total. The van der Waals surface area contributed by atoms with Crippen LogP contribution in [0.25, 0.3) is 0 Å². The highest BCUT2D eigenvalue weighted by atomic mass is 35.5. The maximum atomic E-state index is 11.7. The third-order valence-electron chi connectivity index (χ3n) is 6.97. The quantitative estimate of drug-likeness (QED) is 0.159. The average Bonchev–Trinajstić information content (AvgIpc) is 2.94. The summed E-state index contributed by atoms with van der Waals surface area (Å²) in [5.41, 5.74) is 6.05. The van der Waals surface area contributed by atoms with Gasteiger partial charge in [-0.2, -0.15) is 0 Å². The zero-order valence-electron chi connectivity index (χ0n) is 27.2. The second kappa shape index (κ2) is 15.5. The topological polar surface area (TPSA) is 165 Å². The lowest BCUT2D eigenvalue weighted by Crippen LogP contribution is -2.15. The number of nitrogens with zero attached hydrogens (tertiary/aromatic N) is 3.